The van der Waals surface area contributed by atoms with Gasteiger partial charge in [0.15, 0.2) is 0 Å². The molecule has 0 aromatic heterocycles. The van der Waals surface area contributed by atoms with Crippen LogP contribution in [0.25, 0.3) is 0 Å². The molecule has 0 aliphatic carbocycles. The molecule has 0 aromatic carbocycles. The smallest absolute Gasteiger partial charge is 0.109 e. The third-order valence-corrected chi connectivity index (χ3v) is 2.52. The van der Waals surface area contributed by atoms with E-state index in [1.165, 1.54) is 0 Å². The summed E-state index contributed by atoms with van der Waals surface area (Å²) >= 11 is 0. The normalized spacial score (nSPS) is 45.8. The van der Waals surface area contributed by atoms with Crippen LogP contribution in [0.2, 0.25) is 0 Å². The molecule has 0 saturated carbocycles. The van der Waals surface area contributed by atoms with Gasteiger partial charge >= 0.3 is 0 Å². The lowest BCUT2D eigenvalue weighted by atomic mass is 9.89. The highest BCUT2D eigenvalue weighted by molar-refractivity contribution is 4.90. The van der Waals surface area contributed by atoms with E-state index in [4.69, 9.17) is 9.47 Å². The molecule has 0 aromatic rings. The Labute approximate surface area is 67.3 Å². The molecule has 1 aliphatic heterocycles. The second-order valence-electron chi connectivity index (χ2n) is 3.29. The highest BCUT2D eigenvalue weighted by atomic mass is 16.5. The molecule has 0 bridgehead atoms. The Balaban J connectivity index is 2.64. The topological polar surface area (TPSA) is 38.7 Å². The van der Waals surface area contributed by atoms with Crippen LogP contribution in [0.4, 0.5) is 0 Å². The number of aliphatic hydroxyl groups excluding tert-OH is 1. The molecule has 1 aliphatic rings. The van der Waals surface area contributed by atoms with Gasteiger partial charge in [0.05, 0.1) is 11.7 Å². The molecular formula is C8H16O3. The van der Waals surface area contributed by atoms with E-state index in [0.717, 1.165) is 6.42 Å². The molecule has 3 nitrogen and oxygen atoms in total. The fourth-order valence-corrected chi connectivity index (χ4v) is 1.41. The largest absolute Gasteiger partial charge is 0.387 e. The third kappa shape index (κ3) is 1.55. The number of hydrogen-bond donors (Lipinski definition) is 1. The minimum absolute atomic E-state index is 0.117. The van der Waals surface area contributed by atoms with E-state index < -0.39 is 11.7 Å². The average Bonchev–Trinajstić information content (AvgIpc) is 2.00. The Morgan fingerprint density at radius 3 is 2.73 bits per heavy atom. The van der Waals surface area contributed by atoms with Gasteiger partial charge in [-0.15, -0.1) is 0 Å². The minimum atomic E-state index is -0.513. The molecule has 1 N–H and O–H groups in total. The summed E-state index contributed by atoms with van der Waals surface area (Å²) in [6.45, 7) is 4.44. The first kappa shape index (κ1) is 8.97. The van der Waals surface area contributed by atoms with E-state index in [2.05, 4.69) is 0 Å². The van der Waals surface area contributed by atoms with Gasteiger partial charge in [-0.1, -0.05) is 0 Å². The first-order valence-electron chi connectivity index (χ1n) is 3.95. The van der Waals surface area contributed by atoms with Crippen molar-refractivity contribution in [3.05, 3.63) is 0 Å². The van der Waals surface area contributed by atoms with Crippen molar-refractivity contribution in [2.24, 2.45) is 0 Å². The Bertz CT molecular complexity index is 137. The average molecular weight is 160 g/mol. The molecular weight excluding hydrogens is 144 g/mol. The van der Waals surface area contributed by atoms with E-state index in [1.807, 2.05) is 13.8 Å². The lowest BCUT2D eigenvalue weighted by Crippen LogP contribution is -2.52. The van der Waals surface area contributed by atoms with Crippen LogP contribution in [-0.2, 0) is 9.47 Å². The summed E-state index contributed by atoms with van der Waals surface area (Å²) in [6, 6.07) is 0. The van der Waals surface area contributed by atoms with Crippen LogP contribution < -0.4 is 0 Å². The van der Waals surface area contributed by atoms with Gasteiger partial charge in [0.25, 0.3) is 0 Å². The molecule has 0 radical (unpaired) electrons. The van der Waals surface area contributed by atoms with Crippen LogP contribution in [-0.4, -0.2) is 36.6 Å². The number of ether oxygens (including phenoxy) is 2. The molecule has 0 amide bonds. The Morgan fingerprint density at radius 1 is 1.64 bits per heavy atom. The molecule has 66 valence electrons. The zero-order chi connectivity index (χ0) is 8.48. The van der Waals surface area contributed by atoms with E-state index in [1.54, 1.807) is 7.11 Å². The van der Waals surface area contributed by atoms with Gasteiger partial charge in [0.2, 0.25) is 0 Å². The molecule has 1 heterocycles. The maximum absolute atomic E-state index is 9.65. The number of hydrogen-bond acceptors (Lipinski definition) is 3. The van der Waals surface area contributed by atoms with Crippen LogP contribution >= 0.6 is 0 Å². The van der Waals surface area contributed by atoms with Crippen molar-refractivity contribution in [3.8, 4) is 0 Å². The van der Waals surface area contributed by atoms with Crippen molar-refractivity contribution in [3.63, 3.8) is 0 Å². The van der Waals surface area contributed by atoms with Gasteiger partial charge in [0.1, 0.15) is 6.10 Å². The molecule has 1 rings (SSSR count). The molecule has 11 heavy (non-hydrogen) atoms. The lowest BCUT2D eigenvalue weighted by Gasteiger charge is -2.40. The van der Waals surface area contributed by atoms with Crippen LogP contribution in [0.1, 0.15) is 20.3 Å². The highest BCUT2D eigenvalue weighted by Gasteiger charge is 2.40. The van der Waals surface area contributed by atoms with Crippen molar-refractivity contribution < 1.29 is 14.6 Å². The van der Waals surface area contributed by atoms with Crippen molar-refractivity contribution in [1.29, 1.82) is 0 Å². The SMILES string of the molecule is CO[C@@]1(C)CCOC(C)C1O. The van der Waals surface area contributed by atoms with Crippen LogP contribution in [0.5, 0.6) is 0 Å². The first-order valence-corrected chi connectivity index (χ1v) is 3.95. The van der Waals surface area contributed by atoms with Crippen molar-refractivity contribution in [2.75, 3.05) is 13.7 Å². The van der Waals surface area contributed by atoms with Crippen molar-refractivity contribution >= 4 is 0 Å². The van der Waals surface area contributed by atoms with Crippen LogP contribution in [0, 0.1) is 0 Å². The molecule has 3 heteroatoms. The van der Waals surface area contributed by atoms with Gasteiger partial charge in [-0.3, -0.25) is 0 Å². The zero-order valence-electron chi connectivity index (χ0n) is 7.33. The Kier molecular flexibility index (Phi) is 2.52. The third-order valence-electron chi connectivity index (χ3n) is 2.52. The quantitative estimate of drug-likeness (QED) is 0.609. The van der Waals surface area contributed by atoms with E-state index in [9.17, 15) is 5.11 Å². The van der Waals surface area contributed by atoms with Gasteiger partial charge < -0.3 is 14.6 Å². The fraction of sp³-hybridized carbons (Fsp3) is 1.00. The zero-order valence-corrected chi connectivity index (χ0v) is 7.33. The summed E-state index contributed by atoms with van der Waals surface area (Å²) in [6.07, 6.45) is 0.129. The molecule has 1 saturated heterocycles. The summed E-state index contributed by atoms with van der Waals surface area (Å²) in [7, 11) is 1.63. The molecule has 0 spiro atoms. The predicted octanol–water partition coefficient (Wildman–Crippen LogP) is 0.561. The fourth-order valence-electron chi connectivity index (χ4n) is 1.41. The number of aliphatic hydroxyl groups is 1. The van der Waals surface area contributed by atoms with Crippen LogP contribution in [0.3, 0.4) is 0 Å². The molecule has 1 fully saturated rings. The number of methoxy groups -OCH3 is 1. The predicted molar refractivity (Wildman–Crippen MR) is 41.5 cm³/mol. The Morgan fingerprint density at radius 2 is 2.27 bits per heavy atom. The summed E-state index contributed by atoms with van der Waals surface area (Å²) < 4.78 is 10.5. The summed E-state index contributed by atoms with van der Waals surface area (Å²) in [4.78, 5) is 0. The summed E-state index contributed by atoms with van der Waals surface area (Å²) in [5, 5.41) is 9.65. The minimum Gasteiger partial charge on any atom is -0.387 e. The standard InChI is InChI=1S/C8H16O3/c1-6-7(9)8(2,10-3)4-5-11-6/h6-7,9H,4-5H2,1-3H3/t6?,7?,8-/m0/s1. The van der Waals surface area contributed by atoms with Gasteiger partial charge in [-0.25, -0.2) is 0 Å². The second kappa shape index (κ2) is 3.09. The maximum Gasteiger partial charge on any atom is 0.109 e. The van der Waals surface area contributed by atoms with Gasteiger partial charge in [0, 0.05) is 20.1 Å². The second-order valence-corrected chi connectivity index (χ2v) is 3.29. The van der Waals surface area contributed by atoms with E-state index in [-0.39, 0.29) is 6.10 Å². The van der Waals surface area contributed by atoms with E-state index in [0.29, 0.717) is 6.61 Å². The maximum atomic E-state index is 9.65. The lowest BCUT2D eigenvalue weighted by molar-refractivity contribution is -0.188. The van der Waals surface area contributed by atoms with Crippen molar-refractivity contribution in [1.82, 2.24) is 0 Å². The first-order chi connectivity index (χ1) is 5.10. The summed E-state index contributed by atoms with van der Waals surface area (Å²) in [5.74, 6) is 0. The van der Waals surface area contributed by atoms with Crippen molar-refractivity contribution in [2.45, 2.75) is 38.1 Å². The number of rotatable bonds is 1. The highest BCUT2D eigenvalue weighted by Crippen LogP contribution is 2.27. The monoisotopic (exact) mass is 160 g/mol. The van der Waals surface area contributed by atoms with E-state index >= 15 is 0 Å². The Hall–Kier alpha value is -0.120. The van der Waals surface area contributed by atoms with Gasteiger partial charge in [-0.05, 0) is 13.8 Å². The molecule has 3 atom stereocenters. The molecule has 2 unspecified atom stereocenters. The van der Waals surface area contributed by atoms with Crippen LogP contribution in [0.15, 0.2) is 0 Å². The summed E-state index contributed by atoms with van der Waals surface area (Å²) in [5.41, 5.74) is -0.419. The van der Waals surface area contributed by atoms with Gasteiger partial charge in [-0.2, -0.15) is 0 Å².